The predicted molar refractivity (Wildman–Crippen MR) is 53.1 cm³/mol. The first-order valence-electron chi connectivity index (χ1n) is 2.85. The van der Waals surface area contributed by atoms with Crippen molar-refractivity contribution in [3.63, 3.8) is 0 Å². The van der Waals surface area contributed by atoms with Crippen molar-refractivity contribution in [2.75, 3.05) is 0 Å². The van der Waals surface area contributed by atoms with Crippen molar-refractivity contribution >= 4 is 53.8 Å². The first-order valence-corrected chi connectivity index (χ1v) is 5.48. The Morgan fingerprint density at radius 1 is 1.64 bits per heavy atom. The number of halogens is 3. The summed E-state index contributed by atoms with van der Waals surface area (Å²) < 4.78 is 4.18. The van der Waals surface area contributed by atoms with E-state index >= 15 is 0 Å². The van der Waals surface area contributed by atoms with E-state index in [1.807, 2.05) is 6.92 Å². The number of carbonyl (C=O) groups excluding carboxylic acids is 1. The molecule has 11 heavy (non-hydrogen) atoms. The summed E-state index contributed by atoms with van der Waals surface area (Å²) in [6.07, 6.45) is 1.46. The molecule has 1 atom stereocenters. The summed E-state index contributed by atoms with van der Waals surface area (Å²) in [5.41, 5.74) is 0.848. The van der Waals surface area contributed by atoms with E-state index in [9.17, 15) is 4.79 Å². The molecule has 1 rings (SSSR count). The molecule has 0 amide bonds. The van der Waals surface area contributed by atoms with Gasteiger partial charge in [0.05, 0.1) is 0 Å². The Kier molecular flexibility index (Phi) is 2.82. The number of rotatable bonds is 1. The van der Waals surface area contributed by atoms with Gasteiger partial charge in [-0.25, -0.2) is 4.79 Å². The van der Waals surface area contributed by atoms with Gasteiger partial charge in [0.25, 0.3) is 0 Å². The molecule has 2 nitrogen and oxygen atoms in total. The standard InChI is InChI=1S/C6H5Br3O2/c1-3-2-4(10)11-6(3,9)5(7)8/h2,5H,1H3. The lowest BCUT2D eigenvalue weighted by molar-refractivity contribution is -0.139. The average Bonchev–Trinajstić information content (AvgIpc) is 2.08. The Labute approximate surface area is 89.7 Å². The van der Waals surface area contributed by atoms with Gasteiger partial charge < -0.3 is 4.74 Å². The van der Waals surface area contributed by atoms with Crippen LogP contribution in [0.5, 0.6) is 0 Å². The lowest BCUT2D eigenvalue weighted by Gasteiger charge is -2.24. The van der Waals surface area contributed by atoms with Crippen LogP contribution in [0.3, 0.4) is 0 Å². The lowest BCUT2D eigenvalue weighted by Crippen LogP contribution is -2.30. The third-order valence-corrected chi connectivity index (χ3v) is 5.17. The van der Waals surface area contributed by atoms with Gasteiger partial charge in [-0.2, -0.15) is 0 Å². The number of hydrogen-bond acceptors (Lipinski definition) is 2. The zero-order valence-corrected chi connectivity index (χ0v) is 10.4. The lowest BCUT2D eigenvalue weighted by atomic mass is 10.2. The molecule has 0 radical (unpaired) electrons. The molecule has 0 saturated heterocycles. The molecule has 62 valence electrons. The highest BCUT2D eigenvalue weighted by Gasteiger charge is 2.43. The zero-order chi connectivity index (χ0) is 8.65. The molecular weight excluding hydrogens is 344 g/mol. The van der Waals surface area contributed by atoms with Gasteiger partial charge in [-0.3, -0.25) is 0 Å². The SMILES string of the molecule is CC1=CC(=O)OC1(Br)C(Br)Br. The summed E-state index contributed by atoms with van der Waals surface area (Å²) in [6.45, 7) is 1.83. The highest BCUT2D eigenvalue weighted by atomic mass is 79.9. The molecule has 0 N–H and O–H groups in total. The van der Waals surface area contributed by atoms with Crippen LogP contribution in [0.15, 0.2) is 11.6 Å². The fraction of sp³-hybridized carbons (Fsp3) is 0.500. The molecule has 1 aliphatic rings. The second-order valence-electron chi connectivity index (χ2n) is 2.19. The van der Waals surface area contributed by atoms with E-state index in [0.717, 1.165) is 5.57 Å². The number of esters is 1. The van der Waals surface area contributed by atoms with Crippen LogP contribution in [-0.4, -0.2) is 14.2 Å². The van der Waals surface area contributed by atoms with E-state index in [1.54, 1.807) is 0 Å². The molecule has 0 bridgehead atoms. The van der Waals surface area contributed by atoms with E-state index in [-0.39, 0.29) is 9.71 Å². The molecule has 0 spiro atoms. The Balaban J connectivity index is 2.92. The minimum absolute atomic E-state index is 0.120. The van der Waals surface area contributed by atoms with E-state index in [1.165, 1.54) is 6.08 Å². The topological polar surface area (TPSA) is 26.3 Å². The average molecular weight is 349 g/mol. The third-order valence-electron chi connectivity index (χ3n) is 1.40. The molecule has 0 aromatic heterocycles. The van der Waals surface area contributed by atoms with Gasteiger partial charge in [0.1, 0.15) is 3.74 Å². The van der Waals surface area contributed by atoms with E-state index < -0.39 is 4.51 Å². The Morgan fingerprint density at radius 3 is 2.36 bits per heavy atom. The van der Waals surface area contributed by atoms with Crippen LogP contribution in [-0.2, 0) is 9.53 Å². The molecule has 0 aliphatic carbocycles. The maximum atomic E-state index is 10.8. The minimum Gasteiger partial charge on any atom is -0.438 e. The smallest absolute Gasteiger partial charge is 0.332 e. The number of alkyl halides is 3. The van der Waals surface area contributed by atoms with E-state index in [4.69, 9.17) is 4.74 Å². The predicted octanol–water partition coefficient (Wildman–Crippen LogP) is 2.70. The number of carbonyl (C=O) groups is 1. The number of cyclic esters (lactones) is 1. The van der Waals surface area contributed by atoms with Crippen LogP contribution in [0.25, 0.3) is 0 Å². The summed E-state index contributed by atoms with van der Waals surface area (Å²) in [5.74, 6) is -0.316. The van der Waals surface area contributed by atoms with Gasteiger partial charge in [-0.1, -0.05) is 31.9 Å². The van der Waals surface area contributed by atoms with Crippen LogP contribution in [0.2, 0.25) is 0 Å². The van der Waals surface area contributed by atoms with Crippen molar-refractivity contribution in [3.8, 4) is 0 Å². The molecule has 1 aliphatic heterocycles. The fourth-order valence-corrected chi connectivity index (χ4v) is 1.93. The largest absolute Gasteiger partial charge is 0.438 e. The van der Waals surface area contributed by atoms with Gasteiger partial charge in [0.15, 0.2) is 0 Å². The molecule has 0 saturated carbocycles. The molecular formula is C6H5Br3O2. The highest BCUT2D eigenvalue weighted by molar-refractivity contribution is 9.25. The fourth-order valence-electron chi connectivity index (χ4n) is 0.748. The van der Waals surface area contributed by atoms with Gasteiger partial charge in [-0.05, 0) is 28.4 Å². The molecule has 0 fully saturated rings. The van der Waals surface area contributed by atoms with Gasteiger partial charge >= 0.3 is 5.97 Å². The van der Waals surface area contributed by atoms with Crippen LogP contribution in [0, 0.1) is 0 Å². The minimum atomic E-state index is -0.718. The summed E-state index contributed by atoms with van der Waals surface area (Å²) in [7, 11) is 0. The van der Waals surface area contributed by atoms with Gasteiger partial charge in [0, 0.05) is 6.08 Å². The summed E-state index contributed by atoms with van der Waals surface area (Å²) in [5, 5.41) is 0. The zero-order valence-electron chi connectivity index (χ0n) is 5.61. The van der Waals surface area contributed by atoms with Crippen molar-refractivity contribution in [1.29, 1.82) is 0 Å². The van der Waals surface area contributed by atoms with Crippen LogP contribution >= 0.6 is 47.8 Å². The first kappa shape index (κ1) is 9.74. The number of hydrogen-bond donors (Lipinski definition) is 0. The van der Waals surface area contributed by atoms with Crippen molar-refractivity contribution < 1.29 is 9.53 Å². The molecule has 5 heteroatoms. The van der Waals surface area contributed by atoms with Gasteiger partial charge in [-0.15, -0.1) is 0 Å². The highest BCUT2D eigenvalue weighted by Crippen LogP contribution is 2.42. The van der Waals surface area contributed by atoms with E-state index in [2.05, 4.69) is 47.8 Å². The maximum absolute atomic E-state index is 10.8. The summed E-state index contributed by atoms with van der Waals surface area (Å²) in [4.78, 5) is 10.8. The van der Waals surface area contributed by atoms with Crippen molar-refractivity contribution in [1.82, 2.24) is 0 Å². The maximum Gasteiger partial charge on any atom is 0.332 e. The monoisotopic (exact) mass is 346 g/mol. The van der Waals surface area contributed by atoms with Gasteiger partial charge in [0.2, 0.25) is 4.51 Å². The summed E-state index contributed by atoms with van der Waals surface area (Å²) in [6, 6.07) is 0. The van der Waals surface area contributed by atoms with Crippen molar-refractivity contribution in [2.24, 2.45) is 0 Å². The Hall–Kier alpha value is 0.650. The van der Waals surface area contributed by atoms with Crippen LogP contribution in [0.1, 0.15) is 6.92 Å². The normalized spacial score (nSPS) is 30.6. The molecule has 1 unspecified atom stereocenters. The van der Waals surface area contributed by atoms with Crippen LogP contribution < -0.4 is 0 Å². The Morgan fingerprint density at radius 2 is 2.18 bits per heavy atom. The third kappa shape index (κ3) is 1.70. The second kappa shape index (κ2) is 3.18. The quantitative estimate of drug-likeness (QED) is 0.538. The van der Waals surface area contributed by atoms with Crippen molar-refractivity contribution in [3.05, 3.63) is 11.6 Å². The van der Waals surface area contributed by atoms with Crippen LogP contribution in [0.4, 0.5) is 0 Å². The summed E-state index contributed by atoms with van der Waals surface area (Å²) >= 11 is 9.86. The first-order chi connectivity index (χ1) is 4.97. The molecule has 1 heterocycles. The Bertz CT molecular complexity index is 224. The second-order valence-corrected chi connectivity index (χ2v) is 6.43. The number of ether oxygens (including phenoxy) is 1. The van der Waals surface area contributed by atoms with Crippen molar-refractivity contribution in [2.45, 2.75) is 15.2 Å². The van der Waals surface area contributed by atoms with E-state index in [0.29, 0.717) is 0 Å². The molecule has 0 aromatic carbocycles. The molecule has 0 aromatic rings.